The molecule has 4 rings (SSSR count). The lowest BCUT2D eigenvalue weighted by atomic mass is 9.97. The van der Waals surface area contributed by atoms with Gasteiger partial charge in [-0.3, -0.25) is 4.79 Å². The van der Waals surface area contributed by atoms with Crippen LogP contribution in [0.4, 0.5) is 17.3 Å². The van der Waals surface area contributed by atoms with Gasteiger partial charge in [0.2, 0.25) is 5.91 Å². The minimum Gasteiger partial charge on any atom is -0.378 e. The fourth-order valence-electron chi connectivity index (χ4n) is 3.64. The number of piperidine rings is 1. The number of carbonyl (C=O) groups is 1. The molecular weight excluding hydrogens is 378 g/mol. The smallest absolute Gasteiger partial charge is 0.229 e. The van der Waals surface area contributed by atoms with Crippen LogP contribution in [0, 0.1) is 5.92 Å². The number of benzene rings is 1. The number of hydrogen-bond acceptors (Lipinski definition) is 6. The Bertz CT molecular complexity index is 810. The Morgan fingerprint density at radius 3 is 2.46 bits per heavy atom. The van der Waals surface area contributed by atoms with Crippen LogP contribution in [-0.2, 0) is 9.53 Å². The van der Waals surface area contributed by atoms with Crippen LogP contribution < -0.4 is 15.1 Å². The third-order valence-corrected chi connectivity index (χ3v) is 5.55. The highest BCUT2D eigenvalue weighted by atomic mass is 35.5. The van der Waals surface area contributed by atoms with Gasteiger partial charge in [0.05, 0.1) is 29.8 Å². The van der Waals surface area contributed by atoms with Crippen molar-refractivity contribution in [3.05, 3.63) is 41.4 Å². The normalized spacial score (nSPS) is 20.1. The molecule has 28 heavy (non-hydrogen) atoms. The summed E-state index contributed by atoms with van der Waals surface area (Å²) < 4.78 is 5.38. The molecule has 1 unspecified atom stereocenters. The Morgan fingerprint density at radius 1 is 1.04 bits per heavy atom. The number of para-hydroxylation sites is 1. The zero-order chi connectivity index (χ0) is 19.3. The van der Waals surface area contributed by atoms with Gasteiger partial charge in [0.25, 0.3) is 0 Å². The van der Waals surface area contributed by atoms with Crippen LogP contribution in [0.25, 0.3) is 0 Å². The van der Waals surface area contributed by atoms with E-state index in [0.717, 1.165) is 57.3 Å². The van der Waals surface area contributed by atoms with Gasteiger partial charge in [0.1, 0.15) is 0 Å². The van der Waals surface area contributed by atoms with Gasteiger partial charge in [-0.1, -0.05) is 23.7 Å². The van der Waals surface area contributed by atoms with E-state index in [1.54, 1.807) is 6.07 Å². The molecule has 1 aromatic heterocycles. The molecule has 1 aromatic carbocycles. The van der Waals surface area contributed by atoms with Crippen molar-refractivity contribution >= 4 is 34.8 Å². The molecule has 0 aliphatic carbocycles. The molecule has 0 saturated carbocycles. The van der Waals surface area contributed by atoms with Crippen LogP contribution in [0.2, 0.25) is 5.02 Å². The van der Waals surface area contributed by atoms with Crippen LogP contribution in [-0.4, -0.2) is 55.5 Å². The number of amides is 1. The molecule has 0 bridgehead atoms. The minimum absolute atomic E-state index is 0.00399. The topological polar surface area (TPSA) is 70.6 Å². The van der Waals surface area contributed by atoms with Gasteiger partial charge in [-0.15, -0.1) is 10.2 Å². The van der Waals surface area contributed by atoms with E-state index in [0.29, 0.717) is 17.3 Å². The maximum Gasteiger partial charge on any atom is 0.229 e. The van der Waals surface area contributed by atoms with E-state index in [1.165, 1.54) is 0 Å². The summed E-state index contributed by atoms with van der Waals surface area (Å²) in [6.45, 7) is 4.61. The number of carbonyl (C=O) groups excluding carboxylic acids is 1. The van der Waals surface area contributed by atoms with Gasteiger partial charge in [-0.2, -0.15) is 0 Å². The summed E-state index contributed by atoms with van der Waals surface area (Å²) in [5.74, 6) is 1.57. The van der Waals surface area contributed by atoms with E-state index in [9.17, 15) is 4.79 Å². The maximum absolute atomic E-state index is 12.7. The monoisotopic (exact) mass is 401 g/mol. The van der Waals surface area contributed by atoms with Gasteiger partial charge in [0.15, 0.2) is 11.6 Å². The maximum atomic E-state index is 12.7. The van der Waals surface area contributed by atoms with Gasteiger partial charge >= 0.3 is 0 Å². The molecule has 3 heterocycles. The second-order valence-corrected chi connectivity index (χ2v) is 7.51. The molecule has 2 aromatic rings. The second kappa shape index (κ2) is 8.75. The summed E-state index contributed by atoms with van der Waals surface area (Å²) >= 11 is 6.16. The van der Waals surface area contributed by atoms with Gasteiger partial charge in [-0.25, -0.2) is 0 Å². The van der Waals surface area contributed by atoms with E-state index < -0.39 is 0 Å². The zero-order valence-corrected chi connectivity index (χ0v) is 16.4. The molecule has 1 atom stereocenters. The number of anilines is 3. The van der Waals surface area contributed by atoms with E-state index in [1.807, 2.05) is 30.3 Å². The fourth-order valence-corrected chi connectivity index (χ4v) is 3.83. The summed E-state index contributed by atoms with van der Waals surface area (Å²) in [6, 6.07) is 11.3. The fraction of sp³-hybridized carbons (Fsp3) is 0.450. The molecule has 0 radical (unpaired) electrons. The molecule has 0 spiro atoms. The molecule has 8 heteroatoms. The quantitative estimate of drug-likeness (QED) is 0.849. The molecule has 148 valence electrons. The van der Waals surface area contributed by atoms with Gasteiger partial charge < -0.3 is 19.9 Å². The number of ether oxygens (including phenoxy) is 1. The summed E-state index contributed by atoms with van der Waals surface area (Å²) in [6.07, 6.45) is 1.79. The number of hydrogen-bond donors (Lipinski definition) is 1. The third kappa shape index (κ3) is 4.36. The van der Waals surface area contributed by atoms with Crippen molar-refractivity contribution in [1.82, 2.24) is 10.2 Å². The van der Waals surface area contributed by atoms with Crippen LogP contribution in [0.3, 0.4) is 0 Å². The van der Waals surface area contributed by atoms with Crippen LogP contribution >= 0.6 is 11.6 Å². The zero-order valence-electron chi connectivity index (χ0n) is 15.7. The van der Waals surface area contributed by atoms with E-state index in [-0.39, 0.29) is 11.8 Å². The lowest BCUT2D eigenvalue weighted by Crippen LogP contribution is -2.41. The number of nitrogens with one attached hydrogen (secondary N) is 1. The number of morpholine rings is 1. The van der Waals surface area contributed by atoms with Crippen molar-refractivity contribution in [2.45, 2.75) is 12.8 Å². The van der Waals surface area contributed by atoms with Gasteiger partial charge in [0, 0.05) is 26.2 Å². The van der Waals surface area contributed by atoms with Crippen molar-refractivity contribution in [3.8, 4) is 0 Å². The standard InChI is InChI=1S/C20H24ClN5O2/c21-16-5-1-2-6-17(16)22-20(27)15-4-3-9-26(14-15)19-8-7-18(23-24-19)25-10-12-28-13-11-25/h1-2,5-8,15H,3-4,9-14H2,(H,22,27). The lowest BCUT2D eigenvalue weighted by molar-refractivity contribution is -0.120. The third-order valence-electron chi connectivity index (χ3n) is 5.22. The molecule has 2 aliphatic heterocycles. The Morgan fingerprint density at radius 2 is 1.75 bits per heavy atom. The highest BCUT2D eigenvalue weighted by molar-refractivity contribution is 6.33. The van der Waals surface area contributed by atoms with Crippen molar-refractivity contribution in [1.29, 1.82) is 0 Å². The van der Waals surface area contributed by atoms with Crippen LogP contribution in [0.15, 0.2) is 36.4 Å². The predicted molar refractivity (Wildman–Crippen MR) is 110 cm³/mol. The molecule has 1 N–H and O–H groups in total. The molecule has 7 nitrogen and oxygen atoms in total. The first-order valence-electron chi connectivity index (χ1n) is 9.67. The molecular formula is C20H24ClN5O2. The second-order valence-electron chi connectivity index (χ2n) is 7.10. The highest BCUT2D eigenvalue weighted by Crippen LogP contribution is 2.26. The number of rotatable bonds is 4. The molecule has 2 saturated heterocycles. The first-order chi connectivity index (χ1) is 13.7. The molecule has 2 aliphatic rings. The number of halogens is 1. The Balaban J connectivity index is 1.39. The molecule has 2 fully saturated rings. The summed E-state index contributed by atoms with van der Waals surface area (Å²) in [5, 5.41) is 12.3. The largest absolute Gasteiger partial charge is 0.378 e. The first-order valence-corrected chi connectivity index (χ1v) is 10.1. The Labute approximate surface area is 169 Å². The average molecular weight is 402 g/mol. The van der Waals surface area contributed by atoms with E-state index in [4.69, 9.17) is 16.3 Å². The van der Waals surface area contributed by atoms with Crippen LogP contribution in [0.5, 0.6) is 0 Å². The highest BCUT2D eigenvalue weighted by Gasteiger charge is 2.27. The van der Waals surface area contributed by atoms with Gasteiger partial charge in [-0.05, 0) is 37.1 Å². The number of nitrogens with zero attached hydrogens (tertiary/aromatic N) is 4. The Hall–Kier alpha value is -2.38. The summed E-state index contributed by atoms with van der Waals surface area (Å²) in [7, 11) is 0. The Kier molecular flexibility index (Phi) is 5.92. The SMILES string of the molecule is O=C(Nc1ccccc1Cl)C1CCCN(c2ccc(N3CCOCC3)nn2)C1. The summed E-state index contributed by atoms with van der Waals surface area (Å²) in [4.78, 5) is 17.0. The first kappa shape index (κ1) is 19.0. The summed E-state index contributed by atoms with van der Waals surface area (Å²) in [5.41, 5.74) is 0.654. The number of aromatic nitrogens is 2. The van der Waals surface area contributed by atoms with Crippen LogP contribution in [0.1, 0.15) is 12.8 Å². The van der Waals surface area contributed by atoms with Crippen molar-refractivity contribution < 1.29 is 9.53 Å². The predicted octanol–water partition coefficient (Wildman–Crippen LogP) is 2.82. The minimum atomic E-state index is -0.106. The van der Waals surface area contributed by atoms with Crippen molar-refractivity contribution in [2.75, 3.05) is 54.5 Å². The van der Waals surface area contributed by atoms with E-state index >= 15 is 0 Å². The van der Waals surface area contributed by atoms with E-state index in [2.05, 4.69) is 25.3 Å². The lowest BCUT2D eigenvalue weighted by Gasteiger charge is -2.33. The molecule has 1 amide bonds. The average Bonchev–Trinajstić information content (AvgIpc) is 2.76. The van der Waals surface area contributed by atoms with Crippen molar-refractivity contribution in [3.63, 3.8) is 0 Å². The van der Waals surface area contributed by atoms with Crippen molar-refractivity contribution in [2.24, 2.45) is 5.92 Å².